The number of esters is 1. The van der Waals surface area contributed by atoms with Gasteiger partial charge in [0.15, 0.2) is 0 Å². The van der Waals surface area contributed by atoms with Gasteiger partial charge in [0.1, 0.15) is 11.5 Å². The molecule has 196 valence electrons. The molecule has 0 bridgehead atoms. The first-order valence-electron chi connectivity index (χ1n) is 13.6. The lowest BCUT2D eigenvalue weighted by atomic mass is 9.92. The summed E-state index contributed by atoms with van der Waals surface area (Å²) in [5.41, 5.74) is 7.99. The van der Waals surface area contributed by atoms with Gasteiger partial charge in [-0.15, -0.1) is 0 Å². The Balaban J connectivity index is 1.39. The van der Waals surface area contributed by atoms with E-state index in [1.165, 1.54) is 16.7 Å². The van der Waals surface area contributed by atoms with Gasteiger partial charge in [-0.2, -0.15) is 0 Å². The van der Waals surface area contributed by atoms with E-state index >= 15 is 0 Å². The number of benzene rings is 3. The van der Waals surface area contributed by atoms with E-state index in [-0.39, 0.29) is 11.9 Å². The Morgan fingerprint density at radius 3 is 2.53 bits per heavy atom. The van der Waals surface area contributed by atoms with Gasteiger partial charge < -0.3 is 13.9 Å². The maximum absolute atomic E-state index is 12.2. The molecule has 5 heteroatoms. The normalized spacial score (nSPS) is 14.3. The Hall–Kier alpha value is -3.86. The molecule has 0 N–H and O–H groups in total. The molecule has 1 atom stereocenters. The molecule has 4 aromatic rings. The molecule has 1 aromatic heterocycles. The van der Waals surface area contributed by atoms with Crippen molar-refractivity contribution in [2.75, 3.05) is 13.2 Å². The van der Waals surface area contributed by atoms with Crippen LogP contribution in [0, 0.1) is 6.92 Å². The van der Waals surface area contributed by atoms with Crippen molar-refractivity contribution in [3.8, 4) is 28.3 Å². The Bertz CT molecular complexity index is 1390. The fraction of sp³-hybridized carbons (Fsp3) is 0.333. The van der Waals surface area contributed by atoms with Crippen LogP contribution in [-0.2, 0) is 28.8 Å². The van der Waals surface area contributed by atoms with Gasteiger partial charge in [-0.05, 0) is 79.5 Å². The van der Waals surface area contributed by atoms with Crippen molar-refractivity contribution in [2.45, 2.75) is 58.8 Å². The van der Waals surface area contributed by atoms with E-state index < -0.39 is 0 Å². The van der Waals surface area contributed by atoms with Crippen LogP contribution in [0.5, 0.6) is 5.75 Å². The van der Waals surface area contributed by atoms with Gasteiger partial charge in [-0.3, -0.25) is 4.79 Å². The lowest BCUT2D eigenvalue weighted by Crippen LogP contribution is -2.09. The first kappa shape index (κ1) is 25.8. The van der Waals surface area contributed by atoms with Crippen LogP contribution in [0.25, 0.3) is 22.6 Å². The predicted molar refractivity (Wildman–Crippen MR) is 149 cm³/mol. The molecule has 1 aliphatic rings. The molecule has 0 saturated carbocycles. The van der Waals surface area contributed by atoms with Gasteiger partial charge >= 0.3 is 5.97 Å². The smallest absolute Gasteiger partial charge is 0.306 e. The lowest BCUT2D eigenvalue weighted by molar-refractivity contribution is -0.143. The molecule has 38 heavy (non-hydrogen) atoms. The summed E-state index contributed by atoms with van der Waals surface area (Å²) in [4.78, 5) is 17.0. The van der Waals surface area contributed by atoms with Gasteiger partial charge in [0.25, 0.3) is 0 Å². The van der Waals surface area contributed by atoms with E-state index in [2.05, 4.69) is 43.3 Å². The highest BCUT2D eigenvalue weighted by Crippen LogP contribution is 2.45. The zero-order chi connectivity index (χ0) is 26.5. The number of carbonyl (C=O) groups excluding carboxylic acids is 1. The van der Waals surface area contributed by atoms with Gasteiger partial charge in [0.05, 0.1) is 25.3 Å². The Morgan fingerprint density at radius 1 is 1.00 bits per heavy atom. The molecule has 1 aliphatic carbocycles. The number of hydrogen-bond donors (Lipinski definition) is 0. The first-order valence-corrected chi connectivity index (χ1v) is 13.6. The van der Waals surface area contributed by atoms with E-state index in [1.54, 1.807) is 0 Å². The first-order chi connectivity index (χ1) is 18.6. The molecule has 0 aliphatic heterocycles. The van der Waals surface area contributed by atoms with Crippen LogP contribution in [-0.4, -0.2) is 24.2 Å². The van der Waals surface area contributed by atoms with Crippen molar-refractivity contribution >= 4 is 5.97 Å². The molecule has 0 amide bonds. The van der Waals surface area contributed by atoms with Gasteiger partial charge in [-0.25, -0.2) is 4.98 Å². The lowest BCUT2D eigenvalue weighted by Gasteiger charge is -2.18. The third kappa shape index (κ3) is 5.52. The van der Waals surface area contributed by atoms with Crippen LogP contribution >= 0.6 is 0 Å². The summed E-state index contributed by atoms with van der Waals surface area (Å²) in [6.07, 6.45) is 3.94. The summed E-state index contributed by atoms with van der Waals surface area (Å²) in [7, 11) is 0. The van der Waals surface area contributed by atoms with E-state index in [1.807, 2.05) is 44.2 Å². The minimum Gasteiger partial charge on any atom is -0.493 e. The predicted octanol–water partition coefficient (Wildman–Crippen LogP) is 7.48. The number of nitrogens with zero attached hydrogens (tertiary/aromatic N) is 1. The summed E-state index contributed by atoms with van der Waals surface area (Å²) >= 11 is 0. The fourth-order valence-electron chi connectivity index (χ4n) is 5.37. The molecular weight excluding hydrogens is 474 g/mol. The van der Waals surface area contributed by atoms with Gasteiger partial charge in [-0.1, -0.05) is 55.5 Å². The monoisotopic (exact) mass is 509 g/mol. The van der Waals surface area contributed by atoms with Crippen LogP contribution < -0.4 is 4.74 Å². The molecule has 0 radical (unpaired) electrons. The summed E-state index contributed by atoms with van der Waals surface area (Å²) in [6, 6.07) is 22.9. The molecule has 0 fully saturated rings. The van der Waals surface area contributed by atoms with E-state index in [0.29, 0.717) is 31.9 Å². The van der Waals surface area contributed by atoms with E-state index in [9.17, 15) is 4.79 Å². The SMILES string of the molecule is CCOC(=O)CC1CCc2c1ccc(OCCc1nc(-c3ccccc3)oc1C)c2-c1ccc(CC)cc1. The van der Waals surface area contributed by atoms with Crippen LogP contribution in [0.3, 0.4) is 0 Å². The number of carbonyl (C=O) groups is 1. The van der Waals surface area contributed by atoms with E-state index in [0.717, 1.165) is 53.2 Å². The topological polar surface area (TPSA) is 61.6 Å². The third-order valence-corrected chi connectivity index (χ3v) is 7.37. The number of fused-ring (bicyclic) bond motifs is 1. The number of aromatic nitrogens is 1. The van der Waals surface area contributed by atoms with Crippen molar-refractivity contribution in [3.05, 3.63) is 94.9 Å². The molecule has 5 rings (SSSR count). The Labute approximate surface area is 224 Å². The largest absolute Gasteiger partial charge is 0.493 e. The standard InChI is InChI=1S/C33H35NO4/c1-4-23-11-13-24(14-12-23)32-28-16-15-26(21-31(35)36-5-2)27(28)17-18-30(32)37-20-19-29-22(3)38-33(34-29)25-9-7-6-8-10-25/h6-14,17-18,26H,4-5,15-16,19-21H2,1-3H3. The second-order valence-electron chi connectivity index (χ2n) is 9.79. The van der Waals surface area contributed by atoms with Crippen LogP contribution in [0.4, 0.5) is 0 Å². The highest BCUT2D eigenvalue weighted by atomic mass is 16.5. The highest BCUT2D eigenvalue weighted by Gasteiger charge is 2.29. The maximum atomic E-state index is 12.2. The minimum atomic E-state index is -0.127. The third-order valence-electron chi connectivity index (χ3n) is 7.37. The van der Waals surface area contributed by atoms with Crippen molar-refractivity contribution in [1.29, 1.82) is 0 Å². The summed E-state index contributed by atoms with van der Waals surface area (Å²) in [6.45, 7) is 6.88. The maximum Gasteiger partial charge on any atom is 0.306 e. The fourth-order valence-corrected chi connectivity index (χ4v) is 5.37. The average Bonchev–Trinajstić information content (AvgIpc) is 3.52. The number of hydrogen-bond acceptors (Lipinski definition) is 5. The molecule has 3 aromatic carbocycles. The second kappa shape index (κ2) is 11.7. The minimum absolute atomic E-state index is 0.127. The quantitative estimate of drug-likeness (QED) is 0.207. The zero-order valence-electron chi connectivity index (χ0n) is 22.5. The van der Waals surface area contributed by atoms with Crippen LogP contribution in [0.15, 0.2) is 71.1 Å². The number of ether oxygens (including phenoxy) is 2. The van der Waals surface area contributed by atoms with Crippen molar-refractivity contribution in [2.24, 2.45) is 0 Å². The number of aryl methyl sites for hydroxylation is 2. The van der Waals surface area contributed by atoms with Crippen molar-refractivity contribution in [1.82, 2.24) is 4.98 Å². The van der Waals surface area contributed by atoms with Crippen LogP contribution in [0.2, 0.25) is 0 Å². The summed E-state index contributed by atoms with van der Waals surface area (Å²) in [5, 5.41) is 0. The second-order valence-corrected chi connectivity index (χ2v) is 9.79. The molecule has 1 heterocycles. The molecule has 0 saturated heterocycles. The van der Waals surface area contributed by atoms with Crippen LogP contribution in [0.1, 0.15) is 60.8 Å². The van der Waals surface area contributed by atoms with E-state index in [4.69, 9.17) is 18.9 Å². The highest BCUT2D eigenvalue weighted by molar-refractivity contribution is 5.78. The number of oxazole rings is 1. The van der Waals surface area contributed by atoms with Gasteiger partial charge in [0, 0.05) is 17.5 Å². The number of rotatable bonds is 10. The Morgan fingerprint density at radius 2 is 1.79 bits per heavy atom. The molecular formula is C33H35NO4. The molecule has 0 spiro atoms. The summed E-state index contributed by atoms with van der Waals surface area (Å²) in [5.74, 6) is 2.38. The average molecular weight is 510 g/mol. The zero-order valence-corrected chi connectivity index (χ0v) is 22.5. The summed E-state index contributed by atoms with van der Waals surface area (Å²) < 4.78 is 17.6. The molecule has 1 unspecified atom stereocenters. The van der Waals surface area contributed by atoms with Crippen molar-refractivity contribution < 1.29 is 18.7 Å². The molecule has 5 nitrogen and oxygen atoms in total. The van der Waals surface area contributed by atoms with Gasteiger partial charge in [0.2, 0.25) is 5.89 Å². The Kier molecular flexibility index (Phi) is 7.92. The van der Waals surface area contributed by atoms with Crippen molar-refractivity contribution in [3.63, 3.8) is 0 Å².